The van der Waals surface area contributed by atoms with Crippen LogP contribution in [0.4, 0.5) is 0 Å². The number of rotatable bonds is 6. The van der Waals surface area contributed by atoms with Gasteiger partial charge in [-0.3, -0.25) is 4.79 Å². The van der Waals surface area contributed by atoms with E-state index in [4.69, 9.17) is 4.74 Å². The molecule has 0 heterocycles. The maximum absolute atomic E-state index is 11.4. The SMILES string of the molecule is CCC(=O)NC(COC)C(O)c1ccccc1. The van der Waals surface area contributed by atoms with Crippen molar-refractivity contribution >= 4 is 5.91 Å². The molecule has 0 bridgehead atoms. The van der Waals surface area contributed by atoms with Gasteiger partial charge in [0.05, 0.1) is 12.6 Å². The van der Waals surface area contributed by atoms with Crippen LogP contribution in [-0.2, 0) is 9.53 Å². The third-order valence-electron chi connectivity index (χ3n) is 2.54. The maximum atomic E-state index is 11.4. The van der Waals surface area contributed by atoms with Crippen molar-refractivity contribution in [3.8, 4) is 0 Å². The molecule has 0 saturated heterocycles. The molecule has 0 radical (unpaired) electrons. The molecule has 2 unspecified atom stereocenters. The van der Waals surface area contributed by atoms with Crippen LogP contribution < -0.4 is 5.32 Å². The summed E-state index contributed by atoms with van der Waals surface area (Å²) < 4.78 is 5.02. The van der Waals surface area contributed by atoms with E-state index in [9.17, 15) is 9.90 Å². The van der Waals surface area contributed by atoms with Gasteiger partial charge in [0, 0.05) is 13.5 Å². The van der Waals surface area contributed by atoms with Crippen molar-refractivity contribution in [3.63, 3.8) is 0 Å². The molecule has 4 heteroatoms. The van der Waals surface area contributed by atoms with E-state index in [1.807, 2.05) is 30.3 Å². The number of aliphatic hydroxyl groups excluding tert-OH is 1. The van der Waals surface area contributed by atoms with Crippen molar-refractivity contribution in [2.75, 3.05) is 13.7 Å². The second kappa shape index (κ2) is 7.04. The molecular formula is C13H19NO3. The summed E-state index contributed by atoms with van der Waals surface area (Å²) in [5, 5.41) is 12.9. The van der Waals surface area contributed by atoms with Gasteiger partial charge < -0.3 is 15.2 Å². The van der Waals surface area contributed by atoms with Gasteiger partial charge in [0.25, 0.3) is 0 Å². The first kappa shape index (κ1) is 13.7. The topological polar surface area (TPSA) is 58.6 Å². The molecule has 0 saturated carbocycles. The van der Waals surface area contributed by atoms with Gasteiger partial charge in [-0.25, -0.2) is 0 Å². The molecule has 2 atom stereocenters. The summed E-state index contributed by atoms with van der Waals surface area (Å²) in [5.41, 5.74) is 0.769. The van der Waals surface area contributed by atoms with E-state index in [1.165, 1.54) is 0 Å². The predicted molar refractivity (Wildman–Crippen MR) is 65.5 cm³/mol. The average Bonchev–Trinajstić information content (AvgIpc) is 2.38. The number of hydrogen-bond acceptors (Lipinski definition) is 3. The average molecular weight is 237 g/mol. The summed E-state index contributed by atoms with van der Waals surface area (Å²) >= 11 is 0. The van der Waals surface area contributed by atoms with Crippen molar-refractivity contribution in [3.05, 3.63) is 35.9 Å². The van der Waals surface area contributed by atoms with Crippen molar-refractivity contribution in [1.29, 1.82) is 0 Å². The number of nitrogens with one attached hydrogen (secondary N) is 1. The molecule has 0 aliphatic carbocycles. The molecule has 1 aromatic carbocycles. The van der Waals surface area contributed by atoms with Gasteiger partial charge in [-0.2, -0.15) is 0 Å². The number of carbonyl (C=O) groups is 1. The highest BCUT2D eigenvalue weighted by Gasteiger charge is 2.21. The van der Waals surface area contributed by atoms with Gasteiger partial charge in [-0.15, -0.1) is 0 Å². The first-order valence-electron chi connectivity index (χ1n) is 5.70. The van der Waals surface area contributed by atoms with Crippen molar-refractivity contribution in [2.24, 2.45) is 0 Å². The molecular weight excluding hydrogens is 218 g/mol. The Morgan fingerprint density at radius 2 is 2.06 bits per heavy atom. The smallest absolute Gasteiger partial charge is 0.220 e. The van der Waals surface area contributed by atoms with E-state index < -0.39 is 12.1 Å². The maximum Gasteiger partial charge on any atom is 0.220 e. The Morgan fingerprint density at radius 1 is 1.41 bits per heavy atom. The molecule has 4 nitrogen and oxygen atoms in total. The van der Waals surface area contributed by atoms with Gasteiger partial charge in [0.1, 0.15) is 6.10 Å². The second-order valence-electron chi connectivity index (χ2n) is 3.84. The molecule has 17 heavy (non-hydrogen) atoms. The Balaban J connectivity index is 2.73. The minimum atomic E-state index is -0.758. The summed E-state index contributed by atoms with van der Waals surface area (Å²) in [5.74, 6) is -0.0953. The highest BCUT2D eigenvalue weighted by Crippen LogP contribution is 2.16. The van der Waals surface area contributed by atoms with Crippen LogP contribution in [-0.4, -0.2) is 30.8 Å². The van der Waals surface area contributed by atoms with E-state index >= 15 is 0 Å². The zero-order valence-electron chi connectivity index (χ0n) is 10.2. The number of methoxy groups -OCH3 is 1. The Morgan fingerprint density at radius 3 is 2.59 bits per heavy atom. The molecule has 0 aliphatic heterocycles. The Hall–Kier alpha value is -1.39. The third kappa shape index (κ3) is 4.17. The highest BCUT2D eigenvalue weighted by atomic mass is 16.5. The van der Waals surface area contributed by atoms with Gasteiger partial charge in [-0.1, -0.05) is 37.3 Å². The lowest BCUT2D eigenvalue weighted by molar-refractivity contribution is -0.123. The lowest BCUT2D eigenvalue weighted by Crippen LogP contribution is -2.42. The van der Waals surface area contributed by atoms with Crippen LogP contribution in [0.1, 0.15) is 25.0 Å². The van der Waals surface area contributed by atoms with Gasteiger partial charge in [0.2, 0.25) is 5.91 Å². The molecule has 0 spiro atoms. The highest BCUT2D eigenvalue weighted by molar-refractivity contribution is 5.75. The van der Waals surface area contributed by atoms with Gasteiger partial charge in [0.15, 0.2) is 0 Å². The van der Waals surface area contributed by atoms with Gasteiger partial charge >= 0.3 is 0 Å². The summed E-state index contributed by atoms with van der Waals surface area (Å²) in [7, 11) is 1.54. The monoisotopic (exact) mass is 237 g/mol. The first-order valence-corrected chi connectivity index (χ1v) is 5.70. The molecule has 0 aliphatic rings. The van der Waals surface area contributed by atoms with Crippen LogP contribution in [0.2, 0.25) is 0 Å². The molecule has 1 rings (SSSR count). The first-order chi connectivity index (χ1) is 8.19. The van der Waals surface area contributed by atoms with Crippen LogP contribution in [0.3, 0.4) is 0 Å². The lowest BCUT2D eigenvalue weighted by atomic mass is 10.0. The van der Waals surface area contributed by atoms with Gasteiger partial charge in [-0.05, 0) is 5.56 Å². The fraction of sp³-hybridized carbons (Fsp3) is 0.462. The Labute approximate surface area is 102 Å². The third-order valence-corrected chi connectivity index (χ3v) is 2.54. The lowest BCUT2D eigenvalue weighted by Gasteiger charge is -2.23. The zero-order chi connectivity index (χ0) is 12.7. The molecule has 0 fully saturated rings. The zero-order valence-corrected chi connectivity index (χ0v) is 10.2. The van der Waals surface area contributed by atoms with Crippen LogP contribution >= 0.6 is 0 Å². The minimum Gasteiger partial charge on any atom is -0.386 e. The number of carbonyl (C=O) groups excluding carboxylic acids is 1. The fourth-order valence-corrected chi connectivity index (χ4v) is 1.58. The molecule has 94 valence electrons. The largest absolute Gasteiger partial charge is 0.386 e. The standard InChI is InChI=1S/C13H19NO3/c1-3-12(15)14-11(9-17-2)13(16)10-7-5-4-6-8-10/h4-8,11,13,16H,3,9H2,1-2H3,(H,14,15). The molecule has 0 aromatic heterocycles. The quantitative estimate of drug-likeness (QED) is 0.783. The summed E-state index contributed by atoms with van der Waals surface area (Å²) in [6.45, 7) is 2.05. The van der Waals surface area contributed by atoms with E-state index in [0.29, 0.717) is 6.42 Å². The number of benzene rings is 1. The van der Waals surface area contributed by atoms with Crippen LogP contribution in [0.5, 0.6) is 0 Å². The number of aliphatic hydroxyl groups is 1. The minimum absolute atomic E-state index is 0.0953. The normalized spacial score (nSPS) is 14.1. The summed E-state index contributed by atoms with van der Waals surface area (Å²) in [4.78, 5) is 11.4. The van der Waals surface area contributed by atoms with Crippen LogP contribution in [0.15, 0.2) is 30.3 Å². The van der Waals surface area contributed by atoms with E-state index in [0.717, 1.165) is 5.56 Å². The second-order valence-corrected chi connectivity index (χ2v) is 3.84. The molecule has 2 N–H and O–H groups in total. The van der Waals surface area contributed by atoms with Crippen LogP contribution in [0, 0.1) is 0 Å². The van der Waals surface area contributed by atoms with E-state index in [1.54, 1.807) is 14.0 Å². The number of amides is 1. The van der Waals surface area contributed by atoms with Crippen LogP contribution in [0.25, 0.3) is 0 Å². The number of ether oxygens (including phenoxy) is 1. The molecule has 1 aromatic rings. The van der Waals surface area contributed by atoms with Crippen molar-refractivity contribution in [2.45, 2.75) is 25.5 Å². The van der Waals surface area contributed by atoms with Crippen molar-refractivity contribution in [1.82, 2.24) is 5.32 Å². The summed E-state index contributed by atoms with van der Waals surface area (Å²) in [6, 6.07) is 8.81. The van der Waals surface area contributed by atoms with Crippen molar-refractivity contribution < 1.29 is 14.6 Å². The summed E-state index contributed by atoms with van der Waals surface area (Å²) in [6.07, 6.45) is -0.367. The van der Waals surface area contributed by atoms with E-state index in [2.05, 4.69) is 5.32 Å². The fourth-order valence-electron chi connectivity index (χ4n) is 1.58. The predicted octanol–water partition coefficient (Wildman–Crippen LogP) is 1.26. The Kier molecular flexibility index (Phi) is 5.66. The molecule has 1 amide bonds. The number of hydrogen-bond donors (Lipinski definition) is 2. The Bertz CT molecular complexity index is 340. The van der Waals surface area contributed by atoms with E-state index in [-0.39, 0.29) is 12.5 Å².